The lowest BCUT2D eigenvalue weighted by Gasteiger charge is -2.13. The maximum Gasteiger partial charge on any atom is 0.252 e. The van der Waals surface area contributed by atoms with Crippen LogP contribution in [0.25, 0.3) is 11.0 Å². The number of carbonyl (C=O) groups is 1. The van der Waals surface area contributed by atoms with Crippen LogP contribution in [0.4, 0.5) is 0 Å². The molecule has 3 heterocycles. The highest BCUT2D eigenvalue weighted by atomic mass is 32.1. The molecule has 3 aromatic heterocycles. The van der Waals surface area contributed by atoms with E-state index in [1.54, 1.807) is 17.5 Å². The van der Waals surface area contributed by atoms with E-state index in [1.807, 2.05) is 36.0 Å². The number of hydrogen-bond acceptors (Lipinski definition) is 4. The fourth-order valence-electron chi connectivity index (χ4n) is 2.83. The van der Waals surface area contributed by atoms with Crippen LogP contribution >= 0.6 is 11.3 Å². The van der Waals surface area contributed by atoms with Crippen LogP contribution in [-0.4, -0.2) is 26.7 Å². The van der Waals surface area contributed by atoms with Crippen LogP contribution < -0.4 is 5.32 Å². The Kier molecular flexibility index (Phi) is 4.94. The van der Waals surface area contributed by atoms with Crippen molar-refractivity contribution in [3.63, 3.8) is 0 Å². The van der Waals surface area contributed by atoms with Crippen LogP contribution in [0.2, 0.25) is 0 Å². The van der Waals surface area contributed by atoms with E-state index in [-0.39, 0.29) is 11.9 Å². The lowest BCUT2D eigenvalue weighted by Crippen LogP contribution is -2.32. The molecule has 1 amide bonds. The second kappa shape index (κ2) is 7.13. The molecule has 0 aliphatic heterocycles. The van der Waals surface area contributed by atoms with Gasteiger partial charge in [0.1, 0.15) is 0 Å². The van der Waals surface area contributed by atoms with Gasteiger partial charge in [0.25, 0.3) is 5.91 Å². The van der Waals surface area contributed by atoms with Crippen LogP contribution in [0.1, 0.15) is 47.6 Å². The average molecular weight is 342 g/mol. The van der Waals surface area contributed by atoms with Crippen molar-refractivity contribution in [3.8, 4) is 0 Å². The third-order valence-corrected chi connectivity index (χ3v) is 4.83. The average Bonchev–Trinajstić information content (AvgIpc) is 3.17. The summed E-state index contributed by atoms with van der Waals surface area (Å²) in [5.41, 5.74) is 2.23. The topological polar surface area (TPSA) is 59.8 Å². The Labute approximate surface area is 145 Å². The highest BCUT2D eigenvalue weighted by Gasteiger charge is 2.17. The Morgan fingerprint density at radius 3 is 3.00 bits per heavy atom. The predicted octanol–water partition coefficient (Wildman–Crippen LogP) is 3.77. The molecular weight excluding hydrogens is 320 g/mol. The van der Waals surface area contributed by atoms with Gasteiger partial charge in [0.15, 0.2) is 5.65 Å². The summed E-state index contributed by atoms with van der Waals surface area (Å²) in [7, 11) is 0. The van der Waals surface area contributed by atoms with Gasteiger partial charge in [-0.3, -0.25) is 4.79 Å². The molecule has 0 aromatic carbocycles. The molecule has 0 aliphatic rings. The van der Waals surface area contributed by atoms with Crippen LogP contribution in [0, 0.1) is 6.92 Å². The highest BCUT2D eigenvalue weighted by molar-refractivity contribution is 7.09. The monoisotopic (exact) mass is 342 g/mol. The molecule has 3 rings (SSSR count). The molecule has 6 heteroatoms. The second-order valence-corrected chi connectivity index (χ2v) is 7.13. The van der Waals surface area contributed by atoms with Crippen molar-refractivity contribution >= 4 is 28.3 Å². The fourth-order valence-corrected chi connectivity index (χ4v) is 3.52. The fraction of sp³-hybridized carbons (Fsp3) is 0.389. The van der Waals surface area contributed by atoms with Gasteiger partial charge in [0.2, 0.25) is 0 Å². The lowest BCUT2D eigenvalue weighted by atomic mass is 10.1. The van der Waals surface area contributed by atoms with Gasteiger partial charge in [-0.05, 0) is 37.8 Å². The van der Waals surface area contributed by atoms with E-state index in [9.17, 15) is 4.79 Å². The van der Waals surface area contributed by atoms with Gasteiger partial charge < -0.3 is 5.32 Å². The third-order valence-electron chi connectivity index (χ3n) is 3.97. The molecule has 24 heavy (non-hydrogen) atoms. The van der Waals surface area contributed by atoms with E-state index in [0.717, 1.165) is 29.6 Å². The van der Waals surface area contributed by atoms with E-state index >= 15 is 0 Å². The minimum atomic E-state index is -0.0536. The van der Waals surface area contributed by atoms with Gasteiger partial charge in [-0.2, -0.15) is 5.10 Å². The lowest BCUT2D eigenvalue weighted by molar-refractivity contribution is 0.0940. The zero-order valence-electron chi connectivity index (χ0n) is 14.2. The van der Waals surface area contributed by atoms with Crippen molar-refractivity contribution in [2.45, 2.75) is 46.2 Å². The van der Waals surface area contributed by atoms with Gasteiger partial charge >= 0.3 is 0 Å². The van der Waals surface area contributed by atoms with Crippen LogP contribution in [-0.2, 0) is 6.54 Å². The molecule has 0 radical (unpaired) electrons. The summed E-state index contributed by atoms with van der Waals surface area (Å²) in [6, 6.07) is 6.10. The summed E-state index contributed by atoms with van der Waals surface area (Å²) in [4.78, 5) is 18.5. The number of aryl methyl sites for hydroxylation is 1. The van der Waals surface area contributed by atoms with E-state index in [4.69, 9.17) is 0 Å². The summed E-state index contributed by atoms with van der Waals surface area (Å²) in [5, 5.41) is 10.4. The largest absolute Gasteiger partial charge is 0.350 e. The Morgan fingerprint density at radius 1 is 1.46 bits per heavy atom. The molecule has 0 saturated carbocycles. The first kappa shape index (κ1) is 16.6. The Balaban J connectivity index is 1.94. The van der Waals surface area contributed by atoms with Crippen molar-refractivity contribution in [1.82, 2.24) is 20.1 Å². The molecule has 5 nitrogen and oxygen atoms in total. The van der Waals surface area contributed by atoms with E-state index in [2.05, 4.69) is 28.4 Å². The summed E-state index contributed by atoms with van der Waals surface area (Å²) >= 11 is 1.69. The van der Waals surface area contributed by atoms with Gasteiger partial charge in [0.05, 0.1) is 23.7 Å². The van der Waals surface area contributed by atoms with Gasteiger partial charge in [-0.25, -0.2) is 9.67 Å². The van der Waals surface area contributed by atoms with Crippen molar-refractivity contribution in [2.24, 2.45) is 0 Å². The van der Waals surface area contributed by atoms with Gasteiger partial charge in [-0.1, -0.05) is 19.4 Å². The van der Waals surface area contributed by atoms with Crippen molar-refractivity contribution in [2.75, 3.05) is 0 Å². The number of rotatable bonds is 6. The first-order chi connectivity index (χ1) is 11.6. The zero-order chi connectivity index (χ0) is 17.1. The maximum absolute atomic E-state index is 12.6. The first-order valence-corrected chi connectivity index (χ1v) is 9.13. The number of fused-ring (bicyclic) bond motifs is 1. The Bertz CT molecular complexity index is 838. The van der Waals surface area contributed by atoms with E-state index in [1.165, 1.54) is 4.88 Å². The molecule has 0 aliphatic carbocycles. The minimum Gasteiger partial charge on any atom is -0.350 e. The SMILES string of the molecule is CCC[C@H](C)NC(=O)c1cc(C)nc2c1cnn2Cc1cccs1. The zero-order valence-corrected chi connectivity index (χ0v) is 15.1. The second-order valence-electron chi connectivity index (χ2n) is 6.09. The molecule has 0 bridgehead atoms. The molecule has 0 spiro atoms. The quantitative estimate of drug-likeness (QED) is 0.742. The Morgan fingerprint density at radius 2 is 2.29 bits per heavy atom. The van der Waals surface area contributed by atoms with Gasteiger partial charge in [0, 0.05) is 16.6 Å². The summed E-state index contributed by atoms with van der Waals surface area (Å²) in [5.74, 6) is -0.0536. The van der Waals surface area contributed by atoms with E-state index in [0.29, 0.717) is 12.1 Å². The summed E-state index contributed by atoms with van der Waals surface area (Å²) in [6.45, 7) is 6.73. The molecule has 3 aromatic rings. The molecule has 0 unspecified atom stereocenters. The number of nitrogens with zero attached hydrogens (tertiary/aromatic N) is 3. The predicted molar refractivity (Wildman–Crippen MR) is 97.5 cm³/mol. The van der Waals surface area contributed by atoms with Crippen LogP contribution in [0.15, 0.2) is 29.8 Å². The molecule has 1 N–H and O–H groups in total. The number of carbonyl (C=O) groups excluding carboxylic acids is 1. The number of amides is 1. The Hall–Kier alpha value is -2.21. The van der Waals surface area contributed by atoms with Crippen LogP contribution in [0.3, 0.4) is 0 Å². The van der Waals surface area contributed by atoms with E-state index < -0.39 is 0 Å². The summed E-state index contributed by atoms with van der Waals surface area (Å²) < 4.78 is 1.86. The normalized spacial score (nSPS) is 12.5. The highest BCUT2D eigenvalue weighted by Crippen LogP contribution is 2.20. The number of nitrogens with one attached hydrogen (secondary N) is 1. The minimum absolute atomic E-state index is 0.0536. The number of aromatic nitrogens is 3. The molecule has 1 atom stereocenters. The van der Waals surface area contributed by atoms with Crippen LogP contribution in [0.5, 0.6) is 0 Å². The maximum atomic E-state index is 12.6. The van der Waals surface area contributed by atoms with Crippen molar-refractivity contribution < 1.29 is 4.79 Å². The molecule has 0 saturated heterocycles. The molecular formula is C18H22N4OS. The van der Waals surface area contributed by atoms with Crippen molar-refractivity contribution in [1.29, 1.82) is 0 Å². The molecule has 126 valence electrons. The number of hydrogen-bond donors (Lipinski definition) is 1. The first-order valence-electron chi connectivity index (χ1n) is 8.25. The number of pyridine rings is 1. The third kappa shape index (κ3) is 3.48. The molecule has 0 fully saturated rings. The summed E-state index contributed by atoms with van der Waals surface area (Å²) in [6.07, 6.45) is 3.76. The smallest absolute Gasteiger partial charge is 0.252 e. The van der Waals surface area contributed by atoms with Gasteiger partial charge in [-0.15, -0.1) is 11.3 Å². The number of thiophene rings is 1. The standard InChI is InChI=1S/C18H22N4OS/c1-4-6-12(2)21-18(23)15-9-13(3)20-17-16(15)10-19-22(17)11-14-7-5-8-24-14/h5,7-10,12H,4,6,11H2,1-3H3,(H,21,23)/t12-/m0/s1. The van der Waals surface area contributed by atoms with Crippen molar-refractivity contribution in [3.05, 3.63) is 45.9 Å².